The van der Waals surface area contributed by atoms with Crippen LogP contribution in [-0.4, -0.2) is 18.2 Å². The zero-order valence-electron chi connectivity index (χ0n) is 11.7. The number of hydrogen-bond acceptors (Lipinski definition) is 5. The summed E-state index contributed by atoms with van der Waals surface area (Å²) in [6, 6.07) is 5.77. The number of nitrogens with zero attached hydrogens (tertiary/aromatic N) is 1. The second kappa shape index (κ2) is 5.42. The summed E-state index contributed by atoms with van der Waals surface area (Å²) in [6.45, 7) is 5.39. The van der Waals surface area contributed by atoms with Crippen LogP contribution in [0, 0.1) is 13.8 Å². The van der Waals surface area contributed by atoms with E-state index < -0.39 is 0 Å². The van der Waals surface area contributed by atoms with E-state index in [1.165, 1.54) is 0 Å². The SMILES string of the molecule is Cc1nc(C)c(C(N)c2ccc3c(c2)OCCCO3)s1. The molecule has 1 aliphatic heterocycles. The molecule has 1 aromatic carbocycles. The van der Waals surface area contributed by atoms with E-state index in [2.05, 4.69) is 4.98 Å². The van der Waals surface area contributed by atoms with Gasteiger partial charge in [0.15, 0.2) is 11.5 Å². The van der Waals surface area contributed by atoms with Gasteiger partial charge in [-0.2, -0.15) is 0 Å². The molecule has 0 amide bonds. The predicted octanol–water partition coefficient (Wildman–Crippen LogP) is 2.97. The molecule has 106 valence electrons. The smallest absolute Gasteiger partial charge is 0.161 e. The number of nitrogens with two attached hydrogens (primary N) is 1. The van der Waals surface area contributed by atoms with Crippen LogP contribution < -0.4 is 15.2 Å². The summed E-state index contributed by atoms with van der Waals surface area (Å²) in [6.07, 6.45) is 0.906. The van der Waals surface area contributed by atoms with Crippen molar-refractivity contribution in [1.29, 1.82) is 0 Å². The van der Waals surface area contributed by atoms with Gasteiger partial charge < -0.3 is 15.2 Å². The lowest BCUT2D eigenvalue weighted by molar-refractivity contribution is 0.297. The first-order chi connectivity index (χ1) is 9.65. The summed E-state index contributed by atoms with van der Waals surface area (Å²) in [5, 5.41) is 1.04. The Morgan fingerprint density at radius 2 is 1.95 bits per heavy atom. The number of aryl methyl sites for hydroxylation is 2. The van der Waals surface area contributed by atoms with Crippen molar-refractivity contribution in [2.45, 2.75) is 26.3 Å². The van der Waals surface area contributed by atoms with Gasteiger partial charge in [-0.15, -0.1) is 11.3 Å². The minimum atomic E-state index is -0.168. The van der Waals surface area contributed by atoms with Crippen LogP contribution in [0.25, 0.3) is 0 Å². The highest BCUT2D eigenvalue weighted by molar-refractivity contribution is 7.11. The molecule has 2 heterocycles. The summed E-state index contributed by atoms with van der Waals surface area (Å²) >= 11 is 1.65. The molecule has 0 saturated carbocycles. The molecule has 0 saturated heterocycles. The molecular formula is C15H18N2O2S. The molecule has 0 spiro atoms. The Morgan fingerprint density at radius 1 is 1.20 bits per heavy atom. The monoisotopic (exact) mass is 290 g/mol. The third-order valence-corrected chi connectivity index (χ3v) is 4.51. The highest BCUT2D eigenvalue weighted by atomic mass is 32.1. The van der Waals surface area contributed by atoms with Crippen molar-refractivity contribution in [2.75, 3.05) is 13.2 Å². The van der Waals surface area contributed by atoms with Crippen molar-refractivity contribution in [1.82, 2.24) is 4.98 Å². The normalized spacial score (nSPS) is 15.8. The number of hydrogen-bond donors (Lipinski definition) is 1. The third kappa shape index (κ3) is 2.51. The maximum Gasteiger partial charge on any atom is 0.161 e. The van der Waals surface area contributed by atoms with Crippen molar-refractivity contribution >= 4 is 11.3 Å². The molecule has 0 radical (unpaired) electrons. The summed E-state index contributed by atoms with van der Waals surface area (Å²) in [7, 11) is 0. The van der Waals surface area contributed by atoms with Gasteiger partial charge in [-0.25, -0.2) is 4.98 Å². The molecule has 3 rings (SSSR count). The van der Waals surface area contributed by atoms with Crippen LogP contribution in [0.2, 0.25) is 0 Å². The van der Waals surface area contributed by atoms with Gasteiger partial charge in [-0.05, 0) is 31.5 Å². The molecule has 0 bridgehead atoms. The quantitative estimate of drug-likeness (QED) is 0.924. The Hall–Kier alpha value is -1.59. The van der Waals surface area contributed by atoms with E-state index in [4.69, 9.17) is 15.2 Å². The molecule has 1 atom stereocenters. The van der Waals surface area contributed by atoms with Gasteiger partial charge in [-0.3, -0.25) is 0 Å². The van der Waals surface area contributed by atoms with Crippen molar-refractivity contribution in [2.24, 2.45) is 5.73 Å². The zero-order valence-corrected chi connectivity index (χ0v) is 12.5. The van der Waals surface area contributed by atoms with Gasteiger partial charge in [0.2, 0.25) is 0 Å². The summed E-state index contributed by atoms with van der Waals surface area (Å²) in [5.74, 6) is 1.59. The Bertz CT molecular complexity index is 624. The summed E-state index contributed by atoms with van der Waals surface area (Å²) in [5.41, 5.74) is 8.41. The van der Waals surface area contributed by atoms with Gasteiger partial charge in [0.1, 0.15) is 0 Å². The Balaban J connectivity index is 1.94. The lowest BCUT2D eigenvalue weighted by Crippen LogP contribution is -2.11. The third-order valence-electron chi connectivity index (χ3n) is 3.35. The van der Waals surface area contributed by atoms with E-state index in [1.54, 1.807) is 11.3 Å². The van der Waals surface area contributed by atoms with Crippen molar-refractivity contribution in [3.05, 3.63) is 39.3 Å². The lowest BCUT2D eigenvalue weighted by Gasteiger charge is -2.14. The van der Waals surface area contributed by atoms with E-state index in [0.29, 0.717) is 13.2 Å². The van der Waals surface area contributed by atoms with E-state index in [9.17, 15) is 0 Å². The van der Waals surface area contributed by atoms with Gasteiger partial charge in [0.05, 0.1) is 30.0 Å². The number of thiazole rings is 1. The average Bonchev–Trinajstić information content (AvgIpc) is 2.65. The first kappa shape index (κ1) is 13.4. The summed E-state index contributed by atoms with van der Waals surface area (Å²) < 4.78 is 11.4. The van der Waals surface area contributed by atoms with E-state index in [-0.39, 0.29) is 6.04 Å². The number of ether oxygens (including phenoxy) is 2. The van der Waals surface area contributed by atoms with Crippen LogP contribution in [-0.2, 0) is 0 Å². The predicted molar refractivity (Wildman–Crippen MR) is 79.7 cm³/mol. The van der Waals surface area contributed by atoms with Crippen LogP contribution in [0.4, 0.5) is 0 Å². The second-order valence-corrected chi connectivity index (χ2v) is 6.15. The first-order valence-electron chi connectivity index (χ1n) is 6.74. The van der Waals surface area contributed by atoms with Crippen LogP contribution in [0.1, 0.15) is 33.6 Å². The molecule has 20 heavy (non-hydrogen) atoms. The highest BCUT2D eigenvalue weighted by Gasteiger charge is 2.18. The van der Waals surface area contributed by atoms with E-state index >= 15 is 0 Å². The Labute approximate surface area is 122 Å². The molecule has 1 unspecified atom stereocenters. The zero-order chi connectivity index (χ0) is 14.1. The second-order valence-electron chi connectivity index (χ2n) is 4.92. The molecule has 0 aliphatic carbocycles. The maximum atomic E-state index is 6.38. The summed E-state index contributed by atoms with van der Waals surface area (Å²) in [4.78, 5) is 5.55. The Morgan fingerprint density at radius 3 is 2.65 bits per heavy atom. The molecule has 5 heteroatoms. The van der Waals surface area contributed by atoms with Gasteiger partial charge in [0.25, 0.3) is 0 Å². The molecule has 0 fully saturated rings. The lowest BCUT2D eigenvalue weighted by atomic mass is 10.0. The molecule has 1 aromatic heterocycles. The average molecular weight is 290 g/mol. The van der Waals surface area contributed by atoms with Gasteiger partial charge >= 0.3 is 0 Å². The van der Waals surface area contributed by atoms with Crippen LogP contribution >= 0.6 is 11.3 Å². The van der Waals surface area contributed by atoms with Crippen LogP contribution in [0.3, 0.4) is 0 Å². The fourth-order valence-corrected chi connectivity index (χ4v) is 3.32. The largest absolute Gasteiger partial charge is 0.490 e. The highest BCUT2D eigenvalue weighted by Crippen LogP contribution is 2.35. The first-order valence-corrected chi connectivity index (χ1v) is 7.56. The van der Waals surface area contributed by atoms with Crippen LogP contribution in [0.15, 0.2) is 18.2 Å². The molecule has 2 N–H and O–H groups in total. The van der Waals surface area contributed by atoms with Crippen LogP contribution in [0.5, 0.6) is 11.5 Å². The Kier molecular flexibility index (Phi) is 3.63. The van der Waals surface area contributed by atoms with Crippen molar-refractivity contribution < 1.29 is 9.47 Å². The minimum absolute atomic E-state index is 0.168. The standard InChI is InChI=1S/C15H18N2O2S/c1-9-15(20-10(2)17-9)14(16)11-4-5-12-13(8-11)19-7-3-6-18-12/h4-5,8,14H,3,6-7,16H2,1-2H3. The fraction of sp³-hybridized carbons (Fsp3) is 0.400. The van der Waals surface area contributed by atoms with E-state index in [1.807, 2.05) is 32.0 Å². The van der Waals surface area contributed by atoms with E-state index in [0.717, 1.165) is 39.1 Å². The number of aromatic nitrogens is 1. The molecule has 4 nitrogen and oxygen atoms in total. The van der Waals surface area contributed by atoms with Crippen molar-refractivity contribution in [3.8, 4) is 11.5 Å². The number of benzene rings is 1. The molecular weight excluding hydrogens is 272 g/mol. The maximum absolute atomic E-state index is 6.38. The van der Waals surface area contributed by atoms with Crippen molar-refractivity contribution in [3.63, 3.8) is 0 Å². The molecule has 1 aliphatic rings. The minimum Gasteiger partial charge on any atom is -0.490 e. The topological polar surface area (TPSA) is 57.4 Å². The fourth-order valence-electron chi connectivity index (χ4n) is 2.36. The van der Waals surface area contributed by atoms with Gasteiger partial charge in [0, 0.05) is 11.3 Å². The number of fused-ring (bicyclic) bond motifs is 1. The van der Waals surface area contributed by atoms with Gasteiger partial charge in [-0.1, -0.05) is 6.07 Å². The molecule has 2 aromatic rings. The number of rotatable bonds is 2.